The summed E-state index contributed by atoms with van der Waals surface area (Å²) in [5.74, 6) is 6.45. The maximum Gasteiger partial charge on any atom is 0.182 e. The second-order valence-corrected chi connectivity index (χ2v) is 18.2. The zero-order chi connectivity index (χ0) is 43.5. The predicted molar refractivity (Wildman–Crippen MR) is 261 cm³/mol. The lowest BCUT2D eigenvalue weighted by Gasteiger charge is -2.61. The Morgan fingerprint density at radius 2 is 0.985 bits per heavy atom. The number of benzene rings is 6. The van der Waals surface area contributed by atoms with E-state index in [4.69, 9.17) is 29.9 Å². The zero-order valence-electron chi connectivity index (χ0n) is 36.3. The molecule has 2 aromatic heterocycles. The first-order valence-electron chi connectivity index (χ1n) is 23.0. The van der Waals surface area contributed by atoms with Gasteiger partial charge in [-0.1, -0.05) is 158 Å². The van der Waals surface area contributed by atoms with Crippen LogP contribution >= 0.6 is 0 Å². The van der Waals surface area contributed by atoms with E-state index in [0.29, 0.717) is 52.5 Å². The van der Waals surface area contributed by atoms with E-state index < -0.39 is 0 Å². The van der Waals surface area contributed by atoms with E-state index in [1.165, 1.54) is 54.4 Å². The van der Waals surface area contributed by atoms with Crippen molar-refractivity contribution < 1.29 is 0 Å². The van der Waals surface area contributed by atoms with Gasteiger partial charge in [0.1, 0.15) is 5.70 Å². The third kappa shape index (κ3) is 6.59. The first-order chi connectivity index (χ1) is 32.1. The second kappa shape index (κ2) is 15.9. The Morgan fingerprint density at radius 3 is 1.46 bits per heavy atom. The molecule has 4 saturated carbocycles. The third-order valence-electron chi connectivity index (χ3n) is 14.6. The Kier molecular flexibility index (Phi) is 9.59. The SMILES string of the molecule is C=N/C(=C\C(=C/C)c1ccc2c(c1)C1(c3cccc(-c4nc(-c5ccccc5)nc(-c5ccccc5)n4)c3-2)C2CC3CC(C2)CC1C3)c1nc(-c2ccccc2)nc(-c2ccccc2)n1. The van der Waals surface area contributed by atoms with Gasteiger partial charge in [-0.3, -0.25) is 4.99 Å². The van der Waals surface area contributed by atoms with Crippen LogP contribution in [0.3, 0.4) is 0 Å². The van der Waals surface area contributed by atoms with Crippen molar-refractivity contribution in [1.82, 2.24) is 29.9 Å². The number of hydrogen-bond donors (Lipinski definition) is 0. The van der Waals surface area contributed by atoms with E-state index in [1.54, 1.807) is 0 Å². The van der Waals surface area contributed by atoms with E-state index in [2.05, 4.69) is 91.4 Å². The minimum absolute atomic E-state index is 0.104. The van der Waals surface area contributed by atoms with Crippen molar-refractivity contribution in [2.24, 2.45) is 28.7 Å². The first-order valence-corrected chi connectivity index (χ1v) is 23.0. The van der Waals surface area contributed by atoms with Gasteiger partial charge in [0.05, 0.1) is 0 Å². The molecule has 0 radical (unpaired) electrons. The summed E-state index contributed by atoms with van der Waals surface area (Å²) in [5.41, 5.74) is 12.9. The van der Waals surface area contributed by atoms with E-state index in [1.807, 2.05) is 97.1 Å². The van der Waals surface area contributed by atoms with Gasteiger partial charge in [-0.15, -0.1) is 0 Å². The fourth-order valence-corrected chi connectivity index (χ4v) is 12.1. The molecule has 0 atom stereocenters. The fraction of sp³-hybridized carbons (Fsp3) is 0.190. The van der Waals surface area contributed by atoms with E-state index >= 15 is 0 Å². The van der Waals surface area contributed by atoms with Crippen LogP contribution in [0, 0.1) is 23.7 Å². The summed E-state index contributed by atoms with van der Waals surface area (Å²) in [5, 5.41) is 0. The van der Waals surface area contributed by atoms with Gasteiger partial charge in [0.2, 0.25) is 0 Å². The highest BCUT2D eigenvalue weighted by Gasteiger charge is 2.62. The van der Waals surface area contributed by atoms with Gasteiger partial charge in [0.25, 0.3) is 0 Å². The van der Waals surface area contributed by atoms with Gasteiger partial charge in [0, 0.05) is 33.2 Å². The quantitative estimate of drug-likeness (QED) is 0.106. The number of aromatic nitrogens is 6. The van der Waals surface area contributed by atoms with Crippen LogP contribution in [0.15, 0.2) is 175 Å². The minimum Gasteiger partial charge on any atom is -0.261 e. The number of allylic oxidation sites excluding steroid dienone is 3. The summed E-state index contributed by atoms with van der Waals surface area (Å²) in [6, 6.07) is 54.7. The lowest BCUT2D eigenvalue weighted by Crippen LogP contribution is -2.55. The van der Waals surface area contributed by atoms with Crippen LogP contribution in [0.4, 0.5) is 0 Å². The molecular weight excluding hydrogens is 795 g/mol. The fourth-order valence-electron chi connectivity index (χ4n) is 12.1. The molecule has 7 heteroatoms. The van der Waals surface area contributed by atoms with E-state index in [-0.39, 0.29) is 5.41 Å². The van der Waals surface area contributed by atoms with Crippen molar-refractivity contribution in [1.29, 1.82) is 0 Å². The highest BCUT2D eigenvalue weighted by Crippen LogP contribution is 2.70. The molecule has 0 amide bonds. The average molecular weight is 842 g/mol. The molecule has 0 unspecified atom stereocenters. The average Bonchev–Trinajstić information content (AvgIpc) is 3.66. The van der Waals surface area contributed by atoms with Gasteiger partial charge in [0.15, 0.2) is 34.9 Å². The molecule has 1 spiro atoms. The topological polar surface area (TPSA) is 89.7 Å². The largest absolute Gasteiger partial charge is 0.261 e. The van der Waals surface area contributed by atoms with Crippen LogP contribution in [0.25, 0.3) is 79.3 Å². The van der Waals surface area contributed by atoms with Gasteiger partial charge in [-0.2, -0.15) is 0 Å². The molecule has 4 bridgehead atoms. The van der Waals surface area contributed by atoms with Crippen molar-refractivity contribution in [3.63, 3.8) is 0 Å². The van der Waals surface area contributed by atoms with Gasteiger partial charge in [-0.25, -0.2) is 29.9 Å². The predicted octanol–water partition coefficient (Wildman–Crippen LogP) is 13.3. The molecule has 0 aliphatic heterocycles. The van der Waals surface area contributed by atoms with Gasteiger partial charge < -0.3 is 0 Å². The highest BCUT2D eigenvalue weighted by atomic mass is 15.1. The molecule has 8 aromatic rings. The number of aliphatic imine (C=N–C) groups is 1. The van der Waals surface area contributed by atoms with Crippen molar-refractivity contribution in [3.05, 3.63) is 192 Å². The van der Waals surface area contributed by atoms with Gasteiger partial charge >= 0.3 is 0 Å². The molecule has 4 fully saturated rings. The Morgan fingerprint density at radius 1 is 0.508 bits per heavy atom. The molecule has 5 aliphatic carbocycles. The lowest BCUT2D eigenvalue weighted by atomic mass is 9.43. The number of fused-ring (bicyclic) bond motifs is 3. The van der Waals surface area contributed by atoms with E-state index in [0.717, 1.165) is 50.8 Å². The molecule has 13 rings (SSSR count). The minimum atomic E-state index is -0.104. The Balaban J connectivity index is 1.02. The van der Waals surface area contributed by atoms with Crippen LogP contribution < -0.4 is 0 Å². The first kappa shape index (κ1) is 39.1. The van der Waals surface area contributed by atoms with Crippen LogP contribution in [0.5, 0.6) is 0 Å². The molecule has 2 heterocycles. The Labute approximate surface area is 379 Å². The second-order valence-electron chi connectivity index (χ2n) is 18.2. The molecule has 314 valence electrons. The monoisotopic (exact) mass is 841 g/mol. The van der Waals surface area contributed by atoms with Crippen molar-refractivity contribution in [3.8, 4) is 68.1 Å². The van der Waals surface area contributed by atoms with Crippen LogP contribution in [-0.2, 0) is 5.41 Å². The highest BCUT2D eigenvalue weighted by molar-refractivity contribution is 5.94. The molecule has 5 aliphatic rings. The summed E-state index contributed by atoms with van der Waals surface area (Å²) in [6.07, 6.45) is 10.7. The molecule has 7 nitrogen and oxygen atoms in total. The molecular formula is C58H47N7. The summed E-state index contributed by atoms with van der Waals surface area (Å²) < 4.78 is 0. The molecule has 0 saturated heterocycles. The van der Waals surface area contributed by atoms with Crippen LogP contribution in [-0.4, -0.2) is 36.6 Å². The molecule has 6 aromatic carbocycles. The zero-order valence-corrected chi connectivity index (χ0v) is 36.3. The normalized spacial score (nSPS) is 21.6. The molecule has 65 heavy (non-hydrogen) atoms. The summed E-state index contributed by atoms with van der Waals surface area (Å²) in [6.45, 7) is 6.15. The summed E-state index contributed by atoms with van der Waals surface area (Å²) in [4.78, 5) is 35.1. The summed E-state index contributed by atoms with van der Waals surface area (Å²) >= 11 is 0. The smallest absolute Gasteiger partial charge is 0.182 e. The maximum absolute atomic E-state index is 5.28. The number of rotatable bonds is 9. The van der Waals surface area contributed by atoms with Crippen molar-refractivity contribution in [2.75, 3.05) is 0 Å². The molecule has 0 N–H and O–H groups in total. The number of hydrogen-bond acceptors (Lipinski definition) is 7. The van der Waals surface area contributed by atoms with Gasteiger partial charge in [-0.05, 0) is 115 Å². The lowest BCUT2D eigenvalue weighted by molar-refractivity contribution is -0.0399. The Bertz CT molecular complexity index is 3030. The van der Waals surface area contributed by atoms with Crippen molar-refractivity contribution >= 4 is 18.0 Å². The Hall–Kier alpha value is -7.51. The van der Waals surface area contributed by atoms with E-state index in [9.17, 15) is 0 Å². The third-order valence-corrected chi connectivity index (χ3v) is 14.6. The maximum atomic E-state index is 5.28. The van der Waals surface area contributed by atoms with Crippen LogP contribution in [0.2, 0.25) is 0 Å². The van der Waals surface area contributed by atoms with Crippen molar-refractivity contribution in [2.45, 2.75) is 44.4 Å². The van der Waals surface area contributed by atoms with Crippen LogP contribution in [0.1, 0.15) is 61.5 Å². The standard InChI is InChI=1S/C58H47N7/c1-3-38(35-50(59-2)57-64-54(41-21-12-6-13-22-41)61-55(65-57)42-23-14-7-15-24-42)43-27-28-46-49(34-43)58(44-30-36-29-37(32-44)33-45(58)31-36)48-26-16-25-47(51(46)48)56-62-52(39-17-8-4-9-18-39)60-53(63-56)40-19-10-5-11-20-40/h3-28,34-37,44-45H,2,29-33H2,1H3/b38-3+,50-35-. The summed E-state index contributed by atoms with van der Waals surface area (Å²) in [7, 11) is 0. The number of nitrogens with zero attached hydrogens (tertiary/aromatic N) is 7.